The molecule has 2 N–H and O–H groups in total. The van der Waals surface area contributed by atoms with Crippen LogP contribution in [0.2, 0.25) is 0 Å². The van der Waals surface area contributed by atoms with Crippen LogP contribution in [0.1, 0.15) is 36.3 Å². The minimum absolute atomic E-state index is 0.0242. The maximum atomic E-state index is 13.0. The highest BCUT2D eigenvalue weighted by atomic mass is 19.4. The molecule has 148 valence electrons. The molecule has 1 aliphatic rings. The molecule has 0 spiro atoms. The monoisotopic (exact) mass is 384 g/mol. The molecule has 11 heteroatoms. The lowest BCUT2D eigenvalue weighted by molar-refractivity contribution is -0.142. The second kappa shape index (κ2) is 7.57. The zero-order chi connectivity index (χ0) is 19.6. The third kappa shape index (κ3) is 4.40. The van der Waals surface area contributed by atoms with E-state index in [1.54, 1.807) is 7.05 Å². The van der Waals surface area contributed by atoms with Gasteiger partial charge >= 0.3 is 6.18 Å². The lowest BCUT2D eigenvalue weighted by Crippen LogP contribution is -2.46. The van der Waals surface area contributed by atoms with Crippen LogP contribution in [0.25, 0.3) is 0 Å². The number of aliphatic imine (C=N–C) groups is 1. The highest BCUT2D eigenvalue weighted by Gasteiger charge is 2.36. The van der Waals surface area contributed by atoms with E-state index in [-0.39, 0.29) is 18.2 Å². The lowest BCUT2D eigenvalue weighted by Gasteiger charge is -2.25. The lowest BCUT2D eigenvalue weighted by atomic mass is 10.1. The van der Waals surface area contributed by atoms with Gasteiger partial charge in [-0.3, -0.25) is 9.67 Å². The summed E-state index contributed by atoms with van der Waals surface area (Å²) in [4.78, 5) is 8.59. The molecule has 8 nitrogen and oxygen atoms in total. The Morgan fingerprint density at radius 3 is 2.81 bits per heavy atom. The first-order chi connectivity index (χ1) is 12.8. The molecule has 1 aliphatic heterocycles. The predicted molar refractivity (Wildman–Crippen MR) is 93.1 cm³/mol. The van der Waals surface area contributed by atoms with Gasteiger partial charge in [0.2, 0.25) is 0 Å². The van der Waals surface area contributed by atoms with Gasteiger partial charge in [0.15, 0.2) is 17.5 Å². The molecule has 0 saturated heterocycles. The zero-order valence-corrected chi connectivity index (χ0v) is 15.5. The van der Waals surface area contributed by atoms with Crippen molar-refractivity contribution >= 4 is 5.96 Å². The average molecular weight is 384 g/mol. The minimum atomic E-state index is -4.49. The van der Waals surface area contributed by atoms with Crippen LogP contribution < -0.4 is 10.6 Å². The largest absolute Gasteiger partial charge is 0.435 e. The smallest absolute Gasteiger partial charge is 0.352 e. The van der Waals surface area contributed by atoms with Crippen molar-refractivity contribution < 1.29 is 13.2 Å². The van der Waals surface area contributed by atoms with Crippen LogP contribution in [0.3, 0.4) is 0 Å². The van der Waals surface area contributed by atoms with Gasteiger partial charge in [0.25, 0.3) is 0 Å². The van der Waals surface area contributed by atoms with E-state index < -0.39 is 11.9 Å². The summed E-state index contributed by atoms with van der Waals surface area (Å²) in [5.41, 5.74) is -0.812. The molecule has 0 amide bonds. The molecule has 0 fully saturated rings. The molecule has 0 bridgehead atoms. The first kappa shape index (κ1) is 19.2. The second-order valence-electron chi connectivity index (χ2n) is 6.46. The van der Waals surface area contributed by atoms with Crippen LogP contribution in [0.5, 0.6) is 0 Å². The zero-order valence-electron chi connectivity index (χ0n) is 15.5. The summed E-state index contributed by atoms with van der Waals surface area (Å²) in [5, 5.41) is 14.2. The molecule has 0 saturated carbocycles. The molecule has 3 rings (SSSR count). The van der Waals surface area contributed by atoms with Crippen molar-refractivity contribution in [1.82, 2.24) is 35.2 Å². The number of hydrogen-bond donors (Lipinski definition) is 2. The van der Waals surface area contributed by atoms with Gasteiger partial charge in [-0.2, -0.15) is 23.4 Å². The fraction of sp³-hybridized carbons (Fsp3) is 0.625. The van der Waals surface area contributed by atoms with Crippen molar-refractivity contribution in [1.29, 1.82) is 0 Å². The standard InChI is InChI=1S/C16H23F3N8/c1-4-12-23-13-6-5-11(9-27(13)24-12)22-15(20-2)21-7-10-8-26(3)25-14(10)16(17,18)19/h8,11H,4-7,9H2,1-3H3,(H2,20,21,22). The number of alkyl halides is 3. The Kier molecular flexibility index (Phi) is 5.38. The van der Waals surface area contributed by atoms with Gasteiger partial charge < -0.3 is 10.6 Å². The van der Waals surface area contributed by atoms with E-state index in [9.17, 15) is 13.2 Å². The Balaban J connectivity index is 1.61. The van der Waals surface area contributed by atoms with E-state index in [0.29, 0.717) is 12.5 Å². The topological polar surface area (TPSA) is 85.0 Å². The summed E-state index contributed by atoms with van der Waals surface area (Å²) >= 11 is 0. The van der Waals surface area contributed by atoms with Crippen molar-refractivity contribution in [2.24, 2.45) is 12.0 Å². The molecular formula is C16H23F3N8. The van der Waals surface area contributed by atoms with Crippen LogP contribution in [-0.2, 0) is 39.2 Å². The van der Waals surface area contributed by atoms with Crippen molar-refractivity contribution in [2.45, 2.75) is 51.5 Å². The summed E-state index contributed by atoms with van der Waals surface area (Å²) in [6.07, 6.45) is -0.698. The van der Waals surface area contributed by atoms with Gasteiger partial charge in [0.05, 0.1) is 6.54 Å². The van der Waals surface area contributed by atoms with E-state index in [1.165, 1.54) is 13.2 Å². The summed E-state index contributed by atoms with van der Waals surface area (Å²) in [5.74, 6) is 2.23. The van der Waals surface area contributed by atoms with E-state index in [0.717, 1.165) is 35.6 Å². The molecular weight excluding hydrogens is 361 g/mol. The number of aryl methyl sites for hydroxylation is 3. The molecule has 2 aromatic rings. The quantitative estimate of drug-likeness (QED) is 0.613. The molecule has 27 heavy (non-hydrogen) atoms. The van der Waals surface area contributed by atoms with E-state index in [1.807, 2.05) is 11.6 Å². The highest BCUT2D eigenvalue weighted by molar-refractivity contribution is 5.80. The summed E-state index contributed by atoms with van der Waals surface area (Å²) in [7, 11) is 3.05. The molecule has 1 unspecified atom stereocenters. The van der Waals surface area contributed by atoms with Crippen LogP contribution in [-0.4, -0.2) is 43.6 Å². The van der Waals surface area contributed by atoms with Crippen LogP contribution >= 0.6 is 0 Å². The summed E-state index contributed by atoms with van der Waals surface area (Å²) in [6.45, 7) is 2.63. The minimum Gasteiger partial charge on any atom is -0.352 e. The van der Waals surface area contributed by atoms with Crippen LogP contribution in [0.4, 0.5) is 13.2 Å². The van der Waals surface area contributed by atoms with E-state index in [4.69, 9.17) is 0 Å². The maximum Gasteiger partial charge on any atom is 0.435 e. The van der Waals surface area contributed by atoms with Gasteiger partial charge in [0.1, 0.15) is 5.82 Å². The van der Waals surface area contributed by atoms with Gasteiger partial charge in [-0.1, -0.05) is 6.92 Å². The molecule has 2 aromatic heterocycles. The Hall–Kier alpha value is -2.59. The number of rotatable bonds is 4. The molecule has 0 aliphatic carbocycles. The van der Waals surface area contributed by atoms with Crippen LogP contribution in [0.15, 0.2) is 11.2 Å². The number of hydrogen-bond acceptors (Lipinski definition) is 4. The van der Waals surface area contributed by atoms with Crippen molar-refractivity contribution in [3.05, 3.63) is 29.1 Å². The number of halogens is 3. The first-order valence-corrected chi connectivity index (χ1v) is 8.79. The van der Waals surface area contributed by atoms with Gasteiger partial charge in [-0.15, -0.1) is 0 Å². The number of guanidine groups is 1. The Morgan fingerprint density at radius 1 is 1.37 bits per heavy atom. The number of aromatic nitrogens is 5. The number of nitrogens with zero attached hydrogens (tertiary/aromatic N) is 6. The molecule has 3 heterocycles. The number of fused-ring (bicyclic) bond motifs is 1. The third-order valence-electron chi connectivity index (χ3n) is 4.40. The van der Waals surface area contributed by atoms with Crippen molar-refractivity contribution in [2.75, 3.05) is 7.05 Å². The normalized spacial score (nSPS) is 17.7. The Bertz CT molecular complexity index is 820. The molecule has 1 atom stereocenters. The SMILES string of the molecule is CCc1nc2n(n1)CC(NC(=NC)NCc1cn(C)nc1C(F)(F)F)CC2. The Labute approximate surface area is 154 Å². The Morgan fingerprint density at radius 2 is 2.15 bits per heavy atom. The second-order valence-corrected chi connectivity index (χ2v) is 6.46. The third-order valence-corrected chi connectivity index (χ3v) is 4.40. The van der Waals surface area contributed by atoms with E-state index >= 15 is 0 Å². The first-order valence-electron chi connectivity index (χ1n) is 8.79. The van der Waals surface area contributed by atoms with Gasteiger partial charge in [0, 0.05) is 51.3 Å². The van der Waals surface area contributed by atoms with Crippen LogP contribution in [0, 0.1) is 0 Å². The van der Waals surface area contributed by atoms with Crippen molar-refractivity contribution in [3.8, 4) is 0 Å². The highest BCUT2D eigenvalue weighted by Crippen LogP contribution is 2.30. The summed E-state index contributed by atoms with van der Waals surface area (Å²) < 4.78 is 42.2. The fourth-order valence-electron chi connectivity index (χ4n) is 3.10. The average Bonchev–Trinajstić information content (AvgIpc) is 3.20. The summed E-state index contributed by atoms with van der Waals surface area (Å²) in [6, 6.07) is 0.0751. The maximum absolute atomic E-state index is 13.0. The number of nitrogens with one attached hydrogen (secondary N) is 2. The van der Waals surface area contributed by atoms with Crippen molar-refractivity contribution in [3.63, 3.8) is 0 Å². The molecule has 0 radical (unpaired) electrons. The fourth-order valence-corrected chi connectivity index (χ4v) is 3.10. The van der Waals surface area contributed by atoms with Gasteiger partial charge in [-0.05, 0) is 6.42 Å². The predicted octanol–water partition coefficient (Wildman–Crippen LogP) is 1.27. The van der Waals surface area contributed by atoms with Gasteiger partial charge in [-0.25, -0.2) is 9.67 Å². The molecule has 0 aromatic carbocycles. The van der Waals surface area contributed by atoms with E-state index in [2.05, 4.69) is 30.8 Å².